The van der Waals surface area contributed by atoms with E-state index in [1.807, 2.05) is 25.5 Å². The lowest BCUT2D eigenvalue weighted by molar-refractivity contribution is 0.383. The van der Waals surface area contributed by atoms with Crippen molar-refractivity contribution in [3.05, 3.63) is 30.1 Å². The van der Waals surface area contributed by atoms with Crippen LogP contribution in [0.2, 0.25) is 0 Å². The van der Waals surface area contributed by atoms with E-state index in [4.69, 9.17) is 0 Å². The summed E-state index contributed by atoms with van der Waals surface area (Å²) >= 11 is 0. The molecular formula is C12H20N2. The van der Waals surface area contributed by atoms with E-state index in [2.05, 4.69) is 30.2 Å². The monoisotopic (exact) mass is 192 g/mol. The van der Waals surface area contributed by atoms with E-state index in [9.17, 15) is 0 Å². The molecule has 0 saturated heterocycles. The van der Waals surface area contributed by atoms with Crippen LogP contribution in [0.5, 0.6) is 0 Å². The summed E-state index contributed by atoms with van der Waals surface area (Å²) < 4.78 is 0. The third-order valence-electron chi connectivity index (χ3n) is 2.67. The standard InChI is InChI=1S/C12H20N2/c1-4-6-10(2)12(13-3)11-7-5-8-14-9-11/h5,7-10,12-13H,4,6H2,1-3H3. The van der Waals surface area contributed by atoms with Crippen molar-refractivity contribution in [2.24, 2.45) is 5.92 Å². The smallest absolute Gasteiger partial charge is 0.0358 e. The van der Waals surface area contributed by atoms with Gasteiger partial charge in [0.1, 0.15) is 0 Å². The highest BCUT2D eigenvalue weighted by Crippen LogP contribution is 2.24. The maximum Gasteiger partial charge on any atom is 0.0358 e. The summed E-state index contributed by atoms with van der Waals surface area (Å²) in [6.07, 6.45) is 6.26. The van der Waals surface area contributed by atoms with Crippen LogP contribution in [-0.2, 0) is 0 Å². The molecule has 2 atom stereocenters. The summed E-state index contributed by atoms with van der Waals surface area (Å²) in [6, 6.07) is 4.57. The number of aromatic nitrogens is 1. The van der Waals surface area contributed by atoms with E-state index in [0.29, 0.717) is 12.0 Å². The number of hydrogen-bond acceptors (Lipinski definition) is 2. The molecule has 0 radical (unpaired) electrons. The summed E-state index contributed by atoms with van der Waals surface area (Å²) in [5, 5.41) is 3.36. The lowest BCUT2D eigenvalue weighted by Crippen LogP contribution is -2.23. The predicted molar refractivity (Wildman–Crippen MR) is 60.1 cm³/mol. The van der Waals surface area contributed by atoms with Gasteiger partial charge in [0.05, 0.1) is 0 Å². The van der Waals surface area contributed by atoms with Crippen molar-refractivity contribution in [3.8, 4) is 0 Å². The van der Waals surface area contributed by atoms with Crippen LogP contribution in [0.25, 0.3) is 0 Å². The quantitative estimate of drug-likeness (QED) is 0.776. The Hall–Kier alpha value is -0.890. The molecule has 14 heavy (non-hydrogen) atoms. The Kier molecular flexibility index (Phi) is 4.60. The van der Waals surface area contributed by atoms with Crippen molar-refractivity contribution in [3.63, 3.8) is 0 Å². The van der Waals surface area contributed by atoms with Gasteiger partial charge in [0.2, 0.25) is 0 Å². The Balaban J connectivity index is 2.71. The second-order valence-corrected chi connectivity index (χ2v) is 3.82. The second kappa shape index (κ2) is 5.76. The first-order valence-electron chi connectivity index (χ1n) is 5.36. The van der Waals surface area contributed by atoms with Crippen molar-refractivity contribution in [1.29, 1.82) is 0 Å². The van der Waals surface area contributed by atoms with Gasteiger partial charge >= 0.3 is 0 Å². The zero-order valence-electron chi connectivity index (χ0n) is 9.33. The Labute approximate surface area is 86.8 Å². The molecule has 2 nitrogen and oxygen atoms in total. The highest BCUT2D eigenvalue weighted by molar-refractivity contribution is 5.14. The topological polar surface area (TPSA) is 24.9 Å². The van der Waals surface area contributed by atoms with Gasteiger partial charge < -0.3 is 5.32 Å². The molecule has 0 amide bonds. The molecule has 0 spiro atoms. The van der Waals surface area contributed by atoms with Crippen LogP contribution in [0.15, 0.2) is 24.5 Å². The first-order valence-corrected chi connectivity index (χ1v) is 5.36. The average molecular weight is 192 g/mol. The molecule has 0 bridgehead atoms. The van der Waals surface area contributed by atoms with E-state index in [1.54, 1.807) is 0 Å². The van der Waals surface area contributed by atoms with E-state index in [-0.39, 0.29) is 0 Å². The molecule has 2 heteroatoms. The third kappa shape index (κ3) is 2.81. The molecule has 78 valence electrons. The van der Waals surface area contributed by atoms with Gasteiger partial charge in [-0.15, -0.1) is 0 Å². The van der Waals surface area contributed by atoms with Crippen molar-refractivity contribution < 1.29 is 0 Å². The fourth-order valence-corrected chi connectivity index (χ4v) is 1.96. The summed E-state index contributed by atoms with van der Waals surface area (Å²) in [5.41, 5.74) is 1.29. The van der Waals surface area contributed by atoms with Gasteiger partial charge in [-0.3, -0.25) is 4.98 Å². The minimum Gasteiger partial charge on any atom is -0.313 e. The molecule has 1 heterocycles. The van der Waals surface area contributed by atoms with Crippen LogP contribution >= 0.6 is 0 Å². The van der Waals surface area contributed by atoms with Crippen molar-refractivity contribution >= 4 is 0 Å². The Morgan fingerprint density at radius 2 is 2.29 bits per heavy atom. The van der Waals surface area contributed by atoms with Gasteiger partial charge in [-0.2, -0.15) is 0 Å². The Morgan fingerprint density at radius 3 is 2.79 bits per heavy atom. The maximum absolute atomic E-state index is 4.16. The molecular weight excluding hydrogens is 172 g/mol. The maximum atomic E-state index is 4.16. The Bertz CT molecular complexity index is 246. The SMILES string of the molecule is CCCC(C)C(NC)c1cccnc1. The first-order chi connectivity index (χ1) is 6.79. The summed E-state index contributed by atoms with van der Waals surface area (Å²) in [4.78, 5) is 4.16. The largest absolute Gasteiger partial charge is 0.313 e. The fraction of sp³-hybridized carbons (Fsp3) is 0.583. The van der Waals surface area contributed by atoms with Crippen LogP contribution in [0.4, 0.5) is 0 Å². The molecule has 0 saturated carbocycles. The molecule has 0 aromatic carbocycles. The highest BCUT2D eigenvalue weighted by Gasteiger charge is 2.16. The summed E-state index contributed by atoms with van der Waals surface area (Å²) in [6.45, 7) is 4.52. The lowest BCUT2D eigenvalue weighted by Gasteiger charge is -2.23. The number of nitrogens with zero attached hydrogens (tertiary/aromatic N) is 1. The van der Waals surface area contributed by atoms with Crippen molar-refractivity contribution in [2.45, 2.75) is 32.7 Å². The lowest BCUT2D eigenvalue weighted by atomic mass is 9.92. The van der Waals surface area contributed by atoms with E-state index >= 15 is 0 Å². The molecule has 1 aromatic rings. The minimum atomic E-state index is 0.434. The summed E-state index contributed by atoms with van der Waals surface area (Å²) in [7, 11) is 2.02. The van der Waals surface area contributed by atoms with Gasteiger partial charge in [-0.1, -0.05) is 26.3 Å². The fourth-order valence-electron chi connectivity index (χ4n) is 1.96. The van der Waals surface area contributed by atoms with Crippen LogP contribution in [0.1, 0.15) is 38.3 Å². The number of hydrogen-bond donors (Lipinski definition) is 1. The molecule has 0 fully saturated rings. The Morgan fingerprint density at radius 1 is 1.50 bits per heavy atom. The predicted octanol–water partition coefficient (Wildman–Crippen LogP) is 2.78. The molecule has 1 N–H and O–H groups in total. The summed E-state index contributed by atoms with van der Waals surface area (Å²) in [5.74, 6) is 0.661. The molecule has 0 aliphatic carbocycles. The van der Waals surface area contributed by atoms with Crippen LogP contribution in [-0.4, -0.2) is 12.0 Å². The van der Waals surface area contributed by atoms with E-state index in [1.165, 1.54) is 18.4 Å². The normalized spacial score (nSPS) is 15.1. The second-order valence-electron chi connectivity index (χ2n) is 3.82. The molecule has 0 aliphatic heterocycles. The highest BCUT2D eigenvalue weighted by atomic mass is 14.9. The first kappa shape index (κ1) is 11.2. The van der Waals surface area contributed by atoms with Gasteiger partial charge in [0.25, 0.3) is 0 Å². The molecule has 0 aliphatic rings. The molecule has 1 aromatic heterocycles. The van der Waals surface area contributed by atoms with Crippen LogP contribution < -0.4 is 5.32 Å². The molecule has 1 rings (SSSR count). The van der Waals surface area contributed by atoms with Gasteiger partial charge in [-0.05, 0) is 31.0 Å². The van der Waals surface area contributed by atoms with Crippen LogP contribution in [0.3, 0.4) is 0 Å². The van der Waals surface area contributed by atoms with Crippen molar-refractivity contribution in [1.82, 2.24) is 10.3 Å². The van der Waals surface area contributed by atoms with Crippen molar-refractivity contribution in [2.75, 3.05) is 7.05 Å². The van der Waals surface area contributed by atoms with E-state index < -0.39 is 0 Å². The van der Waals surface area contributed by atoms with Gasteiger partial charge in [0.15, 0.2) is 0 Å². The van der Waals surface area contributed by atoms with E-state index in [0.717, 1.165) is 0 Å². The number of rotatable bonds is 5. The zero-order valence-corrected chi connectivity index (χ0v) is 9.33. The number of nitrogens with one attached hydrogen (secondary N) is 1. The minimum absolute atomic E-state index is 0.434. The zero-order chi connectivity index (χ0) is 10.4. The van der Waals surface area contributed by atoms with Gasteiger partial charge in [0, 0.05) is 18.4 Å². The third-order valence-corrected chi connectivity index (χ3v) is 2.67. The number of pyridine rings is 1. The van der Waals surface area contributed by atoms with Gasteiger partial charge in [-0.25, -0.2) is 0 Å². The average Bonchev–Trinajstić information content (AvgIpc) is 2.21. The van der Waals surface area contributed by atoms with Crippen LogP contribution in [0, 0.1) is 5.92 Å². The molecule has 2 unspecified atom stereocenters.